The number of hydrogen-bond acceptors (Lipinski definition) is 2. The van der Waals surface area contributed by atoms with Gasteiger partial charge in [-0.05, 0) is 30.9 Å². The zero-order valence-corrected chi connectivity index (χ0v) is 8.53. The van der Waals surface area contributed by atoms with E-state index in [2.05, 4.69) is 26.0 Å². The van der Waals surface area contributed by atoms with Crippen LogP contribution in [0.3, 0.4) is 0 Å². The zero-order valence-electron chi connectivity index (χ0n) is 7.71. The summed E-state index contributed by atoms with van der Waals surface area (Å²) in [5.41, 5.74) is 0. The van der Waals surface area contributed by atoms with E-state index in [1.54, 1.807) is 0 Å². The Hall–Kier alpha value is -0.340. The molecule has 0 radical (unpaired) electrons. The number of aryl methyl sites for hydroxylation is 1. The van der Waals surface area contributed by atoms with Crippen LogP contribution in [-0.2, 0) is 12.8 Å². The van der Waals surface area contributed by atoms with Crippen LogP contribution in [0.4, 0.5) is 0 Å². The third kappa shape index (κ3) is 2.61. The van der Waals surface area contributed by atoms with Crippen LogP contribution in [0.5, 0.6) is 0 Å². The molecule has 0 saturated carbocycles. The molecule has 0 spiro atoms. The normalized spacial score (nSPS) is 13.2. The van der Waals surface area contributed by atoms with E-state index in [-0.39, 0.29) is 0 Å². The molecule has 12 heavy (non-hydrogen) atoms. The number of thiophene rings is 1. The summed E-state index contributed by atoms with van der Waals surface area (Å²) in [5, 5.41) is 8.86. The Kier molecular flexibility index (Phi) is 3.76. The van der Waals surface area contributed by atoms with Crippen LogP contribution in [0, 0.1) is 5.92 Å². The summed E-state index contributed by atoms with van der Waals surface area (Å²) in [5.74, 6) is 0.397. The van der Waals surface area contributed by atoms with Crippen LogP contribution < -0.4 is 0 Å². The standard InChI is InChI=1S/C10H16OS/c1-3-9-4-5-10(12-9)6-8(2)7-11/h4-5,8,11H,3,6-7H2,1-2H3/t8-/m0/s1. The highest BCUT2D eigenvalue weighted by atomic mass is 32.1. The predicted octanol–water partition coefficient (Wildman–Crippen LogP) is 2.48. The van der Waals surface area contributed by atoms with Gasteiger partial charge in [-0.1, -0.05) is 13.8 Å². The fourth-order valence-corrected chi connectivity index (χ4v) is 2.25. The van der Waals surface area contributed by atoms with Crippen LogP contribution in [0.25, 0.3) is 0 Å². The summed E-state index contributed by atoms with van der Waals surface area (Å²) >= 11 is 1.87. The number of hydrogen-bond donors (Lipinski definition) is 1. The SMILES string of the molecule is CCc1ccc(C[C@H](C)CO)s1. The fourth-order valence-electron chi connectivity index (χ4n) is 1.13. The second-order valence-electron chi connectivity index (χ2n) is 3.21. The minimum atomic E-state index is 0.291. The summed E-state index contributed by atoms with van der Waals surface area (Å²) in [6, 6.07) is 4.36. The average Bonchev–Trinajstić information content (AvgIpc) is 2.52. The van der Waals surface area contributed by atoms with Gasteiger partial charge in [-0.15, -0.1) is 11.3 Å². The predicted molar refractivity (Wildman–Crippen MR) is 53.7 cm³/mol. The van der Waals surface area contributed by atoms with Gasteiger partial charge >= 0.3 is 0 Å². The van der Waals surface area contributed by atoms with Crippen molar-refractivity contribution in [2.75, 3.05) is 6.61 Å². The molecule has 1 aromatic heterocycles. The van der Waals surface area contributed by atoms with Crippen LogP contribution in [-0.4, -0.2) is 11.7 Å². The molecule has 0 aliphatic heterocycles. The average molecular weight is 184 g/mol. The highest BCUT2D eigenvalue weighted by Gasteiger charge is 2.03. The second-order valence-corrected chi connectivity index (χ2v) is 4.47. The van der Waals surface area contributed by atoms with Crippen molar-refractivity contribution in [1.29, 1.82) is 0 Å². The Balaban J connectivity index is 2.52. The molecule has 0 unspecified atom stereocenters. The smallest absolute Gasteiger partial charge is 0.0460 e. The lowest BCUT2D eigenvalue weighted by molar-refractivity contribution is 0.237. The quantitative estimate of drug-likeness (QED) is 0.762. The Morgan fingerprint density at radius 1 is 1.42 bits per heavy atom. The molecule has 0 amide bonds. The van der Waals surface area contributed by atoms with E-state index in [9.17, 15) is 0 Å². The van der Waals surface area contributed by atoms with Gasteiger partial charge in [0.1, 0.15) is 0 Å². The molecular weight excluding hydrogens is 168 g/mol. The van der Waals surface area contributed by atoms with Crippen molar-refractivity contribution in [3.05, 3.63) is 21.9 Å². The Morgan fingerprint density at radius 2 is 2.08 bits per heavy atom. The number of aliphatic hydroxyl groups excluding tert-OH is 1. The van der Waals surface area contributed by atoms with Gasteiger partial charge in [0, 0.05) is 16.4 Å². The summed E-state index contributed by atoms with van der Waals surface area (Å²) in [6.45, 7) is 4.54. The molecule has 0 aliphatic carbocycles. The van der Waals surface area contributed by atoms with E-state index in [0.29, 0.717) is 12.5 Å². The highest BCUT2D eigenvalue weighted by molar-refractivity contribution is 7.11. The molecule has 2 heteroatoms. The van der Waals surface area contributed by atoms with Crippen molar-refractivity contribution >= 4 is 11.3 Å². The fraction of sp³-hybridized carbons (Fsp3) is 0.600. The van der Waals surface area contributed by atoms with Gasteiger partial charge in [-0.2, -0.15) is 0 Å². The van der Waals surface area contributed by atoms with E-state index in [0.717, 1.165) is 12.8 Å². The lowest BCUT2D eigenvalue weighted by Crippen LogP contribution is -2.02. The van der Waals surface area contributed by atoms with E-state index in [4.69, 9.17) is 5.11 Å². The Bertz CT molecular complexity index is 229. The van der Waals surface area contributed by atoms with Crippen LogP contribution >= 0.6 is 11.3 Å². The van der Waals surface area contributed by atoms with Gasteiger partial charge in [0.2, 0.25) is 0 Å². The molecule has 1 aromatic rings. The molecule has 1 heterocycles. The van der Waals surface area contributed by atoms with Crippen LogP contribution in [0.2, 0.25) is 0 Å². The number of rotatable bonds is 4. The first kappa shape index (κ1) is 9.75. The first-order valence-electron chi connectivity index (χ1n) is 4.44. The van der Waals surface area contributed by atoms with Gasteiger partial charge in [0.15, 0.2) is 0 Å². The molecule has 1 rings (SSSR count). The minimum Gasteiger partial charge on any atom is -0.396 e. The van der Waals surface area contributed by atoms with Crippen LogP contribution in [0.1, 0.15) is 23.6 Å². The maximum atomic E-state index is 8.86. The lowest BCUT2D eigenvalue weighted by atomic mass is 10.1. The Labute approximate surface area is 78.1 Å². The molecule has 0 saturated heterocycles. The maximum Gasteiger partial charge on any atom is 0.0460 e. The topological polar surface area (TPSA) is 20.2 Å². The molecule has 1 atom stereocenters. The van der Waals surface area contributed by atoms with Gasteiger partial charge < -0.3 is 5.11 Å². The van der Waals surface area contributed by atoms with Crippen molar-refractivity contribution in [2.24, 2.45) is 5.92 Å². The van der Waals surface area contributed by atoms with Crippen molar-refractivity contribution < 1.29 is 5.11 Å². The first-order chi connectivity index (χ1) is 5.76. The van der Waals surface area contributed by atoms with Crippen LogP contribution in [0.15, 0.2) is 12.1 Å². The zero-order chi connectivity index (χ0) is 8.97. The van der Waals surface area contributed by atoms with Gasteiger partial charge in [-0.25, -0.2) is 0 Å². The van der Waals surface area contributed by atoms with Crippen molar-refractivity contribution in [1.82, 2.24) is 0 Å². The molecule has 0 fully saturated rings. The summed E-state index contributed by atoms with van der Waals surface area (Å²) in [6.07, 6.45) is 2.14. The third-order valence-electron chi connectivity index (χ3n) is 1.93. The van der Waals surface area contributed by atoms with Gasteiger partial charge in [-0.3, -0.25) is 0 Å². The minimum absolute atomic E-state index is 0.291. The van der Waals surface area contributed by atoms with E-state index in [1.807, 2.05) is 11.3 Å². The summed E-state index contributed by atoms with van der Waals surface area (Å²) in [4.78, 5) is 2.84. The Morgan fingerprint density at radius 3 is 2.58 bits per heavy atom. The largest absolute Gasteiger partial charge is 0.396 e. The van der Waals surface area contributed by atoms with Crippen molar-refractivity contribution in [3.63, 3.8) is 0 Å². The molecule has 0 bridgehead atoms. The second kappa shape index (κ2) is 4.63. The maximum absolute atomic E-state index is 8.86. The van der Waals surface area contributed by atoms with E-state index in [1.165, 1.54) is 9.75 Å². The molecular formula is C10H16OS. The van der Waals surface area contributed by atoms with E-state index < -0.39 is 0 Å². The van der Waals surface area contributed by atoms with Gasteiger partial charge in [0.25, 0.3) is 0 Å². The molecule has 0 aromatic carbocycles. The molecule has 0 aliphatic rings. The summed E-state index contributed by atoms with van der Waals surface area (Å²) < 4.78 is 0. The van der Waals surface area contributed by atoms with Crippen molar-refractivity contribution in [2.45, 2.75) is 26.7 Å². The lowest BCUT2D eigenvalue weighted by Gasteiger charge is -2.03. The highest BCUT2D eigenvalue weighted by Crippen LogP contribution is 2.19. The third-order valence-corrected chi connectivity index (χ3v) is 3.18. The summed E-state index contributed by atoms with van der Waals surface area (Å²) in [7, 11) is 0. The molecule has 68 valence electrons. The first-order valence-corrected chi connectivity index (χ1v) is 5.26. The molecule has 1 N–H and O–H groups in total. The molecule has 1 nitrogen and oxygen atoms in total. The van der Waals surface area contributed by atoms with E-state index >= 15 is 0 Å². The van der Waals surface area contributed by atoms with Gasteiger partial charge in [0.05, 0.1) is 0 Å². The van der Waals surface area contributed by atoms with Crippen molar-refractivity contribution in [3.8, 4) is 0 Å². The monoisotopic (exact) mass is 184 g/mol. The number of aliphatic hydroxyl groups is 1.